The molecule has 0 aromatic carbocycles. The predicted molar refractivity (Wildman–Crippen MR) is 107 cm³/mol. The van der Waals surface area contributed by atoms with Crippen molar-refractivity contribution < 1.29 is 4.79 Å². The smallest absolute Gasteiger partial charge is 0.233 e. The summed E-state index contributed by atoms with van der Waals surface area (Å²) < 4.78 is 4.03. The first-order valence-electron chi connectivity index (χ1n) is 9.11. The molecule has 1 amide bonds. The number of hydrogen-bond acceptors (Lipinski definition) is 5. The van der Waals surface area contributed by atoms with Crippen LogP contribution in [0.4, 0.5) is 0 Å². The van der Waals surface area contributed by atoms with Gasteiger partial charge in [-0.1, -0.05) is 6.07 Å². The molecule has 0 bridgehead atoms. The lowest BCUT2D eigenvalue weighted by molar-refractivity contribution is -0.131. The van der Waals surface area contributed by atoms with Gasteiger partial charge in [0.25, 0.3) is 0 Å². The van der Waals surface area contributed by atoms with Crippen LogP contribution < -0.4 is 5.32 Å². The average molecular weight is 385 g/mol. The van der Waals surface area contributed by atoms with Crippen LogP contribution in [0.3, 0.4) is 0 Å². The van der Waals surface area contributed by atoms with Gasteiger partial charge < -0.3 is 19.2 Å². The van der Waals surface area contributed by atoms with Crippen molar-refractivity contribution in [1.82, 2.24) is 29.2 Å². The molecule has 1 atom stereocenters. The summed E-state index contributed by atoms with van der Waals surface area (Å²) in [5.74, 6) is 2.27. The van der Waals surface area contributed by atoms with Crippen LogP contribution in [-0.2, 0) is 17.6 Å². The number of thioether (sulfide) groups is 1. The number of nitrogens with one attached hydrogen (secondary N) is 1. The third-order valence-electron chi connectivity index (χ3n) is 4.84. The fourth-order valence-corrected chi connectivity index (χ4v) is 4.27. The number of carbonyl (C=O) groups excluding carboxylic acids is 1. The number of aromatic nitrogens is 4. The van der Waals surface area contributed by atoms with Crippen molar-refractivity contribution in [3.05, 3.63) is 54.0 Å². The molecule has 1 saturated heterocycles. The highest BCUT2D eigenvalue weighted by atomic mass is 32.2. The number of hydrogen-bond donors (Lipinski definition) is 1. The van der Waals surface area contributed by atoms with Gasteiger partial charge in [0.05, 0.1) is 11.4 Å². The number of fused-ring (bicyclic) bond motifs is 1. The van der Waals surface area contributed by atoms with Crippen LogP contribution in [0.25, 0.3) is 5.65 Å². The Labute approximate surface area is 162 Å². The number of nitrogens with zero attached hydrogens (tertiary/aromatic N) is 5. The normalized spacial score (nSPS) is 17.6. The Morgan fingerprint density at radius 2 is 2.26 bits per heavy atom. The predicted octanol–water partition coefficient (Wildman–Crippen LogP) is 1.78. The molecule has 8 heteroatoms. The molecular weight excluding hydrogens is 360 g/mol. The average Bonchev–Trinajstić information content (AvgIpc) is 3.26. The summed E-state index contributed by atoms with van der Waals surface area (Å²) in [6.07, 6.45) is 7.82. The van der Waals surface area contributed by atoms with Gasteiger partial charge in [0.1, 0.15) is 17.5 Å². The molecular formula is C19H24N6OS. The second kappa shape index (κ2) is 7.74. The summed E-state index contributed by atoms with van der Waals surface area (Å²) in [6, 6.07) is 4.07. The Morgan fingerprint density at radius 3 is 3.07 bits per heavy atom. The van der Waals surface area contributed by atoms with E-state index in [1.54, 1.807) is 18.0 Å². The van der Waals surface area contributed by atoms with Crippen molar-refractivity contribution in [3.63, 3.8) is 0 Å². The largest absolute Gasteiger partial charge is 0.336 e. The van der Waals surface area contributed by atoms with E-state index < -0.39 is 0 Å². The van der Waals surface area contributed by atoms with E-state index in [9.17, 15) is 4.79 Å². The molecule has 0 radical (unpaired) electrons. The lowest BCUT2D eigenvalue weighted by Crippen LogP contribution is -2.50. The monoisotopic (exact) mass is 384 g/mol. The summed E-state index contributed by atoms with van der Waals surface area (Å²) in [6.45, 7) is 4.35. The molecule has 1 N–H and O–H groups in total. The highest BCUT2D eigenvalue weighted by Gasteiger charge is 2.30. The molecule has 142 valence electrons. The van der Waals surface area contributed by atoms with E-state index in [4.69, 9.17) is 0 Å². The minimum atomic E-state index is -0.00924. The third kappa shape index (κ3) is 3.86. The summed E-state index contributed by atoms with van der Waals surface area (Å²) in [5.41, 5.74) is 3.15. The summed E-state index contributed by atoms with van der Waals surface area (Å²) >= 11 is 1.62. The van der Waals surface area contributed by atoms with Crippen molar-refractivity contribution in [1.29, 1.82) is 0 Å². The van der Waals surface area contributed by atoms with Gasteiger partial charge in [0, 0.05) is 57.2 Å². The Kier molecular flexibility index (Phi) is 5.18. The maximum atomic E-state index is 12.8. The molecule has 0 saturated carbocycles. The molecule has 1 aliphatic heterocycles. The first kappa shape index (κ1) is 18.1. The van der Waals surface area contributed by atoms with E-state index in [1.807, 2.05) is 39.4 Å². The van der Waals surface area contributed by atoms with E-state index in [1.165, 1.54) is 5.56 Å². The van der Waals surface area contributed by atoms with E-state index in [2.05, 4.69) is 34.5 Å². The molecule has 1 aliphatic rings. The molecule has 3 aromatic heterocycles. The Balaban J connectivity index is 1.38. The fourth-order valence-electron chi connectivity index (χ4n) is 3.48. The maximum Gasteiger partial charge on any atom is 0.233 e. The van der Waals surface area contributed by atoms with Gasteiger partial charge in [-0.3, -0.25) is 4.79 Å². The number of rotatable bonds is 5. The van der Waals surface area contributed by atoms with E-state index in [0.29, 0.717) is 12.3 Å². The molecule has 0 spiro atoms. The van der Waals surface area contributed by atoms with Crippen LogP contribution in [0.15, 0.2) is 36.9 Å². The first-order valence-corrected chi connectivity index (χ1v) is 10.3. The lowest BCUT2D eigenvalue weighted by atomic mass is 10.1. The first-order chi connectivity index (χ1) is 13.1. The van der Waals surface area contributed by atoms with Crippen LogP contribution in [0, 0.1) is 6.92 Å². The van der Waals surface area contributed by atoms with Crippen LogP contribution in [0.2, 0.25) is 0 Å². The van der Waals surface area contributed by atoms with Crippen LogP contribution in [0.5, 0.6) is 0 Å². The van der Waals surface area contributed by atoms with Crippen molar-refractivity contribution in [3.8, 4) is 0 Å². The second-order valence-corrected chi connectivity index (χ2v) is 7.89. The van der Waals surface area contributed by atoms with Crippen LogP contribution >= 0.6 is 11.8 Å². The zero-order valence-corrected chi connectivity index (χ0v) is 16.4. The van der Waals surface area contributed by atoms with Gasteiger partial charge >= 0.3 is 0 Å². The lowest BCUT2D eigenvalue weighted by Gasteiger charge is -2.35. The van der Waals surface area contributed by atoms with Crippen molar-refractivity contribution in [2.24, 2.45) is 7.05 Å². The molecule has 27 heavy (non-hydrogen) atoms. The van der Waals surface area contributed by atoms with E-state index >= 15 is 0 Å². The van der Waals surface area contributed by atoms with Gasteiger partial charge in [0.15, 0.2) is 0 Å². The number of imidazole rings is 2. The zero-order chi connectivity index (χ0) is 18.8. The van der Waals surface area contributed by atoms with Gasteiger partial charge in [-0.2, -0.15) is 0 Å². The summed E-state index contributed by atoms with van der Waals surface area (Å²) in [7, 11) is 1.97. The molecule has 1 fully saturated rings. The number of aryl methyl sites for hydroxylation is 2. The Bertz CT molecular complexity index is 949. The van der Waals surface area contributed by atoms with Gasteiger partial charge in [-0.05, 0) is 18.6 Å². The number of carbonyl (C=O) groups is 1. The fraction of sp³-hybridized carbons (Fsp3) is 0.421. The number of pyridine rings is 1. The zero-order valence-electron chi connectivity index (χ0n) is 15.6. The van der Waals surface area contributed by atoms with Gasteiger partial charge in [-0.15, -0.1) is 11.8 Å². The minimum Gasteiger partial charge on any atom is -0.336 e. The second-order valence-electron chi connectivity index (χ2n) is 6.90. The SMILES string of the molecule is Cc1ccc2nc(CSCC(=O)N3CCNCC3c3nccn3C)cn2c1. The van der Waals surface area contributed by atoms with Crippen molar-refractivity contribution in [2.45, 2.75) is 18.7 Å². The topological polar surface area (TPSA) is 67.5 Å². The van der Waals surface area contributed by atoms with E-state index in [-0.39, 0.29) is 11.9 Å². The minimum absolute atomic E-state index is 0.00924. The van der Waals surface area contributed by atoms with Crippen molar-refractivity contribution in [2.75, 3.05) is 25.4 Å². The molecule has 4 heterocycles. The summed E-state index contributed by atoms with van der Waals surface area (Å²) in [4.78, 5) is 23.9. The molecule has 3 aromatic rings. The van der Waals surface area contributed by atoms with Gasteiger partial charge in [-0.25, -0.2) is 9.97 Å². The van der Waals surface area contributed by atoms with Gasteiger partial charge in [0.2, 0.25) is 5.91 Å². The number of piperazine rings is 1. The Hall–Kier alpha value is -2.32. The third-order valence-corrected chi connectivity index (χ3v) is 5.80. The molecule has 0 aliphatic carbocycles. The van der Waals surface area contributed by atoms with Crippen molar-refractivity contribution >= 4 is 23.3 Å². The molecule has 1 unspecified atom stereocenters. The van der Waals surface area contributed by atoms with Crippen LogP contribution in [0.1, 0.15) is 23.1 Å². The highest BCUT2D eigenvalue weighted by Crippen LogP contribution is 2.22. The number of amides is 1. The maximum absolute atomic E-state index is 12.8. The summed E-state index contributed by atoms with van der Waals surface area (Å²) in [5, 5.41) is 3.37. The standard InChI is InChI=1S/C19H24N6OS/c1-14-3-4-17-22-15(11-24(17)10-14)12-27-13-18(26)25-8-5-20-9-16(25)19-21-6-7-23(19)2/h3-4,6-7,10-11,16,20H,5,8-9,12-13H2,1-2H3. The molecule has 7 nitrogen and oxygen atoms in total. The van der Waals surface area contributed by atoms with E-state index in [0.717, 1.165) is 36.0 Å². The highest BCUT2D eigenvalue weighted by molar-refractivity contribution is 7.99. The molecule has 4 rings (SSSR count). The Morgan fingerprint density at radius 1 is 1.37 bits per heavy atom. The quantitative estimate of drug-likeness (QED) is 0.726. The van der Waals surface area contributed by atoms with Crippen LogP contribution in [-0.4, -0.2) is 55.1 Å².